The number of carbonyl (C=O) groups excluding carboxylic acids is 1. The number of esters is 1. The van der Waals surface area contributed by atoms with E-state index < -0.39 is 0 Å². The van der Waals surface area contributed by atoms with Gasteiger partial charge in [0, 0.05) is 24.9 Å². The summed E-state index contributed by atoms with van der Waals surface area (Å²) in [6, 6.07) is 22.2. The quantitative estimate of drug-likeness (QED) is 0.191. The second kappa shape index (κ2) is 11.0. The summed E-state index contributed by atoms with van der Waals surface area (Å²) in [7, 11) is 0. The molecule has 3 saturated carbocycles. The predicted octanol–water partition coefficient (Wildman–Crippen LogP) is 9.44. The largest absolute Gasteiger partial charge is 0.462 e. The van der Waals surface area contributed by atoms with Crippen LogP contribution in [0.2, 0.25) is 0 Å². The second-order valence-corrected chi connectivity index (χ2v) is 15.8. The molecule has 0 spiro atoms. The van der Waals surface area contributed by atoms with Gasteiger partial charge in [0.25, 0.3) is 0 Å². The van der Waals surface area contributed by atoms with Crippen LogP contribution in [0.15, 0.2) is 72.3 Å². The van der Waals surface area contributed by atoms with Crippen molar-refractivity contribution in [2.45, 2.75) is 93.8 Å². The van der Waals surface area contributed by atoms with Crippen molar-refractivity contribution in [1.82, 2.24) is 0 Å². The first kappa shape index (κ1) is 27.5. The van der Waals surface area contributed by atoms with Gasteiger partial charge in [-0.15, -0.1) is 23.5 Å². The molecule has 0 N–H and O–H groups in total. The van der Waals surface area contributed by atoms with Crippen molar-refractivity contribution in [3.8, 4) is 0 Å². The van der Waals surface area contributed by atoms with Crippen LogP contribution in [0.25, 0.3) is 0 Å². The molecule has 4 aliphatic rings. The third-order valence-corrected chi connectivity index (χ3v) is 15.0. The maximum atomic E-state index is 11.6. The lowest BCUT2D eigenvalue weighted by Crippen LogP contribution is -2.53. The van der Waals surface area contributed by atoms with Crippen molar-refractivity contribution < 1.29 is 9.53 Å². The Kier molecular flexibility index (Phi) is 7.74. The molecule has 4 heteroatoms. The van der Waals surface area contributed by atoms with E-state index in [-0.39, 0.29) is 21.6 Å². The van der Waals surface area contributed by atoms with Crippen molar-refractivity contribution >= 4 is 29.5 Å². The molecule has 6 rings (SSSR count). The van der Waals surface area contributed by atoms with Crippen LogP contribution in [0.4, 0.5) is 0 Å². The fourth-order valence-electron chi connectivity index (χ4n) is 8.98. The Morgan fingerprint density at radius 1 is 0.846 bits per heavy atom. The Labute approximate surface area is 244 Å². The zero-order valence-electron chi connectivity index (χ0n) is 23.9. The average molecular weight is 561 g/mol. The van der Waals surface area contributed by atoms with Gasteiger partial charge in [-0.25, -0.2) is 0 Å². The van der Waals surface area contributed by atoms with E-state index in [2.05, 4.69) is 104 Å². The minimum absolute atomic E-state index is 0.0788. The van der Waals surface area contributed by atoms with Crippen molar-refractivity contribution in [1.29, 1.82) is 0 Å². The molecular formula is C35H44O2S2. The lowest BCUT2D eigenvalue weighted by molar-refractivity contribution is -0.148. The highest BCUT2D eigenvalue weighted by Crippen LogP contribution is 2.72. The summed E-state index contributed by atoms with van der Waals surface area (Å²) >= 11 is 4.51. The molecular weight excluding hydrogens is 517 g/mol. The lowest BCUT2D eigenvalue weighted by Gasteiger charge is -2.59. The van der Waals surface area contributed by atoms with Gasteiger partial charge in [-0.2, -0.15) is 0 Å². The van der Waals surface area contributed by atoms with Gasteiger partial charge in [-0.1, -0.05) is 86.2 Å². The molecule has 3 fully saturated rings. The highest BCUT2D eigenvalue weighted by atomic mass is 32.2. The Morgan fingerprint density at radius 3 is 2.08 bits per heavy atom. The molecule has 2 aromatic carbocycles. The lowest BCUT2D eigenvalue weighted by atomic mass is 9.48. The topological polar surface area (TPSA) is 26.3 Å². The van der Waals surface area contributed by atoms with E-state index in [9.17, 15) is 4.79 Å². The fraction of sp³-hybridized carbons (Fsp3) is 0.571. The first-order chi connectivity index (χ1) is 18.8. The average Bonchev–Trinajstić information content (AvgIpc) is 3.24. The third-order valence-electron chi connectivity index (χ3n) is 11.1. The Hall–Kier alpha value is -1.65. The van der Waals surface area contributed by atoms with E-state index in [1.165, 1.54) is 43.2 Å². The summed E-state index contributed by atoms with van der Waals surface area (Å²) in [6.45, 7) is 6.79. The summed E-state index contributed by atoms with van der Waals surface area (Å²) in [5.41, 5.74) is 5.10. The van der Waals surface area contributed by atoms with Crippen molar-refractivity contribution in [2.24, 2.45) is 28.6 Å². The van der Waals surface area contributed by atoms with Crippen LogP contribution in [0.1, 0.15) is 83.3 Å². The third kappa shape index (κ3) is 5.03. The van der Waals surface area contributed by atoms with E-state index in [0.717, 1.165) is 48.5 Å². The molecule has 0 amide bonds. The standard InChI is InChI=1S/C35H44O2S2/c1-25(36)37-29-16-19-33(2)28(22-29)14-15-30-31(33)17-20-34(3)32(30)18-21-35(34,38-23-26-10-6-4-7-11-26)39-24-27-12-8-5-9-13-27/h4-14,29-32H,15-24H2,1-3H3. The monoisotopic (exact) mass is 560 g/mol. The van der Waals surface area contributed by atoms with Crippen LogP contribution in [0, 0.1) is 28.6 Å². The Bertz CT molecular complexity index is 1150. The number of rotatable bonds is 7. The molecule has 0 radical (unpaired) electrons. The summed E-state index contributed by atoms with van der Waals surface area (Å²) in [4.78, 5) is 11.6. The van der Waals surface area contributed by atoms with Gasteiger partial charge in [0.05, 0.1) is 4.08 Å². The van der Waals surface area contributed by atoms with Gasteiger partial charge >= 0.3 is 5.97 Å². The molecule has 39 heavy (non-hydrogen) atoms. The van der Waals surface area contributed by atoms with E-state index in [0.29, 0.717) is 5.41 Å². The van der Waals surface area contributed by atoms with E-state index in [4.69, 9.17) is 4.74 Å². The maximum Gasteiger partial charge on any atom is 0.302 e. The highest BCUT2D eigenvalue weighted by Gasteiger charge is 2.64. The van der Waals surface area contributed by atoms with E-state index >= 15 is 0 Å². The molecule has 0 aliphatic heterocycles. The number of fused-ring (bicyclic) bond motifs is 5. The molecule has 0 saturated heterocycles. The molecule has 6 unspecified atom stereocenters. The summed E-state index contributed by atoms with van der Waals surface area (Å²) in [6.07, 6.45) is 12.4. The van der Waals surface area contributed by atoms with Gasteiger partial charge in [-0.05, 0) is 84.7 Å². The highest BCUT2D eigenvalue weighted by molar-refractivity contribution is 8.17. The molecule has 6 atom stereocenters. The Balaban J connectivity index is 1.26. The van der Waals surface area contributed by atoms with E-state index in [1.54, 1.807) is 12.5 Å². The van der Waals surface area contributed by atoms with Crippen LogP contribution in [-0.4, -0.2) is 16.2 Å². The van der Waals surface area contributed by atoms with Crippen LogP contribution < -0.4 is 0 Å². The second-order valence-electron chi connectivity index (χ2n) is 13.0. The Morgan fingerprint density at radius 2 is 1.46 bits per heavy atom. The van der Waals surface area contributed by atoms with Gasteiger partial charge in [0.1, 0.15) is 6.10 Å². The van der Waals surface area contributed by atoms with Crippen molar-refractivity contribution in [3.63, 3.8) is 0 Å². The van der Waals surface area contributed by atoms with Crippen LogP contribution in [0.5, 0.6) is 0 Å². The number of hydrogen-bond donors (Lipinski definition) is 0. The summed E-state index contributed by atoms with van der Waals surface area (Å²) in [5, 5.41) is 0. The first-order valence-electron chi connectivity index (χ1n) is 15.1. The zero-order chi connectivity index (χ0) is 27.1. The van der Waals surface area contributed by atoms with Gasteiger partial charge in [0.2, 0.25) is 0 Å². The molecule has 2 aromatic rings. The smallest absolute Gasteiger partial charge is 0.302 e. The summed E-state index contributed by atoms with van der Waals surface area (Å²) < 4.78 is 5.92. The maximum absolute atomic E-state index is 11.6. The van der Waals surface area contributed by atoms with Crippen LogP contribution in [0.3, 0.4) is 0 Å². The number of benzene rings is 2. The number of hydrogen-bond acceptors (Lipinski definition) is 4. The van der Waals surface area contributed by atoms with Gasteiger partial charge in [-0.3, -0.25) is 4.79 Å². The molecule has 4 aliphatic carbocycles. The number of carbonyl (C=O) groups is 1. The number of ether oxygens (including phenoxy) is 1. The first-order valence-corrected chi connectivity index (χ1v) is 17.0. The van der Waals surface area contributed by atoms with E-state index in [1.807, 2.05) is 0 Å². The van der Waals surface area contributed by atoms with Gasteiger partial charge in [0.15, 0.2) is 0 Å². The van der Waals surface area contributed by atoms with Gasteiger partial charge < -0.3 is 4.74 Å². The zero-order valence-corrected chi connectivity index (χ0v) is 25.5. The summed E-state index contributed by atoms with van der Waals surface area (Å²) in [5.74, 6) is 4.39. The predicted molar refractivity (Wildman–Crippen MR) is 165 cm³/mol. The van der Waals surface area contributed by atoms with Crippen LogP contribution in [-0.2, 0) is 21.0 Å². The van der Waals surface area contributed by atoms with Crippen molar-refractivity contribution in [3.05, 3.63) is 83.4 Å². The molecule has 208 valence electrons. The van der Waals surface area contributed by atoms with Crippen LogP contribution >= 0.6 is 23.5 Å². The minimum atomic E-state index is -0.130. The molecule has 2 nitrogen and oxygen atoms in total. The van der Waals surface area contributed by atoms with Crippen molar-refractivity contribution in [2.75, 3.05) is 0 Å². The SMILES string of the molecule is CC(=O)OC1CCC2(C)C(=CCC3C2CCC2(C)C3CCC2(SCc2ccccc2)SCc2ccccc2)C1. The number of thioether (sulfide) groups is 2. The normalized spacial score (nSPS) is 34.8. The molecule has 0 bridgehead atoms. The molecule has 0 heterocycles. The molecule has 0 aromatic heterocycles. The number of allylic oxidation sites excluding steroid dienone is 1. The minimum Gasteiger partial charge on any atom is -0.462 e. The fourth-order valence-corrected chi connectivity index (χ4v) is 12.5.